The van der Waals surface area contributed by atoms with Gasteiger partial charge in [0.25, 0.3) is 0 Å². The van der Waals surface area contributed by atoms with Crippen LogP contribution in [0, 0.1) is 0 Å². The van der Waals surface area contributed by atoms with Crippen LogP contribution in [0.5, 0.6) is 0 Å². The van der Waals surface area contributed by atoms with Crippen LogP contribution in [0.3, 0.4) is 0 Å². The van der Waals surface area contributed by atoms with Crippen molar-refractivity contribution >= 4 is 40.6 Å². The van der Waals surface area contributed by atoms with E-state index in [2.05, 4.69) is 22.4 Å². The molecule has 0 unspecified atom stereocenters. The Morgan fingerprint density at radius 2 is 2.36 bits per heavy atom. The Morgan fingerprint density at radius 1 is 1.55 bits per heavy atom. The SMILES string of the molecule is CCCCn1c(SCC(=O)NCc2ccc(Cl)s2)n[nH]c1=O. The minimum absolute atomic E-state index is 0.105. The third-order valence-electron chi connectivity index (χ3n) is 2.88. The topological polar surface area (TPSA) is 79.8 Å². The normalized spacial score (nSPS) is 10.8. The highest BCUT2D eigenvalue weighted by molar-refractivity contribution is 7.99. The number of hydrogen-bond acceptors (Lipinski definition) is 5. The summed E-state index contributed by atoms with van der Waals surface area (Å²) in [5, 5.41) is 9.75. The summed E-state index contributed by atoms with van der Waals surface area (Å²) in [4.78, 5) is 24.5. The molecule has 0 radical (unpaired) electrons. The van der Waals surface area contributed by atoms with Gasteiger partial charge in [-0.3, -0.25) is 9.36 Å². The number of aromatic amines is 1. The first-order valence-corrected chi connectivity index (χ1v) is 9.07. The van der Waals surface area contributed by atoms with E-state index >= 15 is 0 Å². The summed E-state index contributed by atoms with van der Waals surface area (Å²) >= 11 is 8.53. The van der Waals surface area contributed by atoms with Gasteiger partial charge in [0.1, 0.15) is 0 Å². The van der Waals surface area contributed by atoms with Crippen molar-refractivity contribution in [2.75, 3.05) is 5.75 Å². The van der Waals surface area contributed by atoms with Crippen molar-refractivity contribution < 1.29 is 4.79 Å². The molecule has 0 bridgehead atoms. The molecule has 0 aliphatic heterocycles. The molecule has 2 rings (SSSR count). The molecular weight excluding hydrogens is 344 g/mol. The zero-order chi connectivity index (χ0) is 15.9. The van der Waals surface area contributed by atoms with E-state index in [1.807, 2.05) is 6.07 Å². The number of nitrogens with zero attached hydrogens (tertiary/aromatic N) is 2. The number of halogens is 1. The standard InChI is InChI=1S/C13H17ClN4O2S2/c1-2-3-6-18-12(20)16-17-13(18)21-8-11(19)15-7-9-4-5-10(14)22-9/h4-5H,2-3,6-8H2,1H3,(H,15,19)(H,16,20). The predicted octanol–water partition coefficient (Wildman–Crippen LogP) is 2.49. The Morgan fingerprint density at radius 3 is 3.05 bits per heavy atom. The fraction of sp³-hybridized carbons (Fsp3) is 0.462. The lowest BCUT2D eigenvalue weighted by Crippen LogP contribution is -2.24. The third-order valence-corrected chi connectivity index (χ3v) is 5.09. The summed E-state index contributed by atoms with van der Waals surface area (Å²) in [5.74, 6) is 0.113. The van der Waals surface area contributed by atoms with Crippen LogP contribution in [0.15, 0.2) is 22.1 Å². The predicted molar refractivity (Wildman–Crippen MR) is 89.7 cm³/mol. The number of carbonyl (C=O) groups is 1. The minimum Gasteiger partial charge on any atom is -0.350 e. The summed E-state index contributed by atoms with van der Waals surface area (Å²) in [6.07, 6.45) is 1.89. The number of amides is 1. The number of thiophene rings is 1. The lowest BCUT2D eigenvalue weighted by molar-refractivity contribution is -0.118. The van der Waals surface area contributed by atoms with E-state index < -0.39 is 0 Å². The molecule has 0 aliphatic carbocycles. The minimum atomic E-state index is -0.232. The molecule has 2 heterocycles. The van der Waals surface area contributed by atoms with E-state index in [0.717, 1.165) is 17.7 Å². The molecule has 1 amide bonds. The summed E-state index contributed by atoms with van der Waals surface area (Å²) < 4.78 is 2.27. The number of hydrogen-bond donors (Lipinski definition) is 2. The van der Waals surface area contributed by atoms with Crippen LogP contribution in [0.4, 0.5) is 0 Å². The van der Waals surface area contributed by atoms with Gasteiger partial charge in [-0.15, -0.1) is 16.4 Å². The largest absolute Gasteiger partial charge is 0.350 e. The van der Waals surface area contributed by atoms with Crippen molar-refractivity contribution in [2.45, 2.75) is 38.0 Å². The van der Waals surface area contributed by atoms with Crippen LogP contribution in [0.25, 0.3) is 0 Å². The van der Waals surface area contributed by atoms with E-state index in [1.54, 1.807) is 10.6 Å². The highest BCUT2D eigenvalue weighted by atomic mass is 35.5. The van der Waals surface area contributed by atoms with Gasteiger partial charge in [-0.2, -0.15) is 0 Å². The number of H-pyrrole nitrogens is 1. The number of thioether (sulfide) groups is 1. The Balaban J connectivity index is 1.82. The number of unbranched alkanes of at least 4 members (excludes halogenated alkanes) is 1. The molecule has 0 spiro atoms. The van der Waals surface area contributed by atoms with Crippen molar-refractivity contribution in [3.8, 4) is 0 Å². The van der Waals surface area contributed by atoms with Gasteiger partial charge in [-0.25, -0.2) is 9.89 Å². The fourth-order valence-electron chi connectivity index (χ4n) is 1.74. The molecule has 2 N–H and O–H groups in total. The van der Waals surface area contributed by atoms with Crippen LogP contribution < -0.4 is 11.0 Å². The average molecular weight is 361 g/mol. The lowest BCUT2D eigenvalue weighted by atomic mass is 10.3. The summed E-state index contributed by atoms with van der Waals surface area (Å²) in [5.41, 5.74) is -0.232. The fourth-order valence-corrected chi connectivity index (χ4v) is 3.57. The number of nitrogens with one attached hydrogen (secondary N) is 2. The summed E-state index contributed by atoms with van der Waals surface area (Å²) in [6, 6.07) is 3.69. The Kier molecular flexibility index (Phi) is 6.53. The highest BCUT2D eigenvalue weighted by Crippen LogP contribution is 2.21. The Bertz CT molecular complexity index is 680. The van der Waals surface area contributed by atoms with Gasteiger partial charge in [0.05, 0.1) is 16.6 Å². The number of carbonyl (C=O) groups excluding carboxylic acids is 1. The maximum absolute atomic E-state index is 11.8. The monoisotopic (exact) mass is 360 g/mol. The van der Waals surface area contributed by atoms with Crippen molar-refractivity contribution in [1.29, 1.82) is 0 Å². The van der Waals surface area contributed by atoms with Crippen molar-refractivity contribution in [3.63, 3.8) is 0 Å². The molecular formula is C13H17ClN4O2S2. The molecule has 0 saturated heterocycles. The summed E-state index contributed by atoms with van der Waals surface area (Å²) in [6.45, 7) is 3.13. The molecule has 0 aromatic carbocycles. The molecule has 0 fully saturated rings. The second kappa shape index (κ2) is 8.40. The quantitative estimate of drug-likeness (QED) is 0.709. The van der Waals surface area contributed by atoms with Gasteiger partial charge in [0.15, 0.2) is 5.16 Å². The first-order chi connectivity index (χ1) is 10.6. The maximum atomic E-state index is 11.8. The Hall–Kier alpha value is -1.25. The first-order valence-electron chi connectivity index (χ1n) is 6.89. The highest BCUT2D eigenvalue weighted by Gasteiger charge is 2.11. The van der Waals surface area contributed by atoms with Crippen LogP contribution in [0.1, 0.15) is 24.6 Å². The van der Waals surface area contributed by atoms with Gasteiger partial charge in [0.2, 0.25) is 5.91 Å². The second-order valence-corrected chi connectivity index (χ2v) is 7.33. The zero-order valence-corrected chi connectivity index (χ0v) is 14.5. The van der Waals surface area contributed by atoms with Gasteiger partial charge in [-0.1, -0.05) is 36.7 Å². The van der Waals surface area contributed by atoms with E-state index in [-0.39, 0.29) is 17.3 Å². The maximum Gasteiger partial charge on any atom is 0.343 e. The van der Waals surface area contributed by atoms with Gasteiger partial charge in [-0.05, 0) is 18.6 Å². The molecule has 120 valence electrons. The van der Waals surface area contributed by atoms with E-state index in [0.29, 0.717) is 22.6 Å². The second-order valence-electron chi connectivity index (χ2n) is 4.59. The smallest absolute Gasteiger partial charge is 0.343 e. The zero-order valence-electron chi connectivity index (χ0n) is 12.1. The number of aromatic nitrogens is 3. The molecule has 0 aliphatic rings. The van der Waals surface area contributed by atoms with Gasteiger partial charge in [0, 0.05) is 11.4 Å². The van der Waals surface area contributed by atoms with Crippen molar-refractivity contribution in [3.05, 3.63) is 31.8 Å². The van der Waals surface area contributed by atoms with Crippen molar-refractivity contribution in [1.82, 2.24) is 20.1 Å². The van der Waals surface area contributed by atoms with Gasteiger partial charge >= 0.3 is 5.69 Å². The Labute approximate surface area is 141 Å². The first kappa shape index (κ1) is 17.1. The third kappa shape index (κ3) is 4.89. The van der Waals surface area contributed by atoms with E-state index in [1.165, 1.54) is 23.1 Å². The van der Waals surface area contributed by atoms with Crippen LogP contribution >= 0.6 is 34.7 Å². The number of rotatable bonds is 8. The van der Waals surface area contributed by atoms with Crippen molar-refractivity contribution in [2.24, 2.45) is 0 Å². The molecule has 6 nitrogen and oxygen atoms in total. The van der Waals surface area contributed by atoms with E-state index in [4.69, 9.17) is 11.6 Å². The van der Waals surface area contributed by atoms with Crippen LogP contribution in [-0.2, 0) is 17.9 Å². The molecule has 2 aromatic rings. The van der Waals surface area contributed by atoms with E-state index in [9.17, 15) is 9.59 Å². The lowest BCUT2D eigenvalue weighted by Gasteiger charge is -2.05. The molecule has 0 saturated carbocycles. The van der Waals surface area contributed by atoms with Gasteiger partial charge < -0.3 is 5.32 Å². The van der Waals surface area contributed by atoms with Crippen LogP contribution in [-0.4, -0.2) is 26.4 Å². The summed E-state index contributed by atoms with van der Waals surface area (Å²) in [7, 11) is 0. The molecule has 2 aromatic heterocycles. The van der Waals surface area contributed by atoms with Crippen LogP contribution in [0.2, 0.25) is 4.34 Å². The molecule has 9 heteroatoms. The average Bonchev–Trinajstić information content (AvgIpc) is 3.07. The molecule has 0 atom stereocenters. The molecule has 22 heavy (non-hydrogen) atoms.